The Hall–Kier alpha value is -2.81. The van der Waals surface area contributed by atoms with Gasteiger partial charge in [0.15, 0.2) is 0 Å². The largest absolute Gasteiger partial charge is 0.355 e. The fraction of sp³-hybridized carbons (Fsp3) is 0.393. The molecule has 1 amide bonds. The summed E-state index contributed by atoms with van der Waals surface area (Å²) in [5.41, 5.74) is 7.33. The van der Waals surface area contributed by atoms with E-state index in [9.17, 15) is 4.79 Å². The second kappa shape index (κ2) is 8.37. The number of nitrogens with one attached hydrogen (secondary N) is 1. The molecule has 1 aliphatic rings. The lowest BCUT2D eigenvalue weighted by atomic mass is 9.65. The molecule has 1 heterocycles. The highest BCUT2D eigenvalue weighted by molar-refractivity contribution is 5.94. The van der Waals surface area contributed by atoms with Crippen LogP contribution in [0.3, 0.4) is 0 Å². The van der Waals surface area contributed by atoms with E-state index in [0.717, 1.165) is 18.5 Å². The third-order valence-corrected chi connectivity index (χ3v) is 7.59. The topological polar surface area (TPSA) is 34.0 Å². The summed E-state index contributed by atoms with van der Waals surface area (Å²) in [5, 5.41) is 2.75. The van der Waals surface area contributed by atoms with E-state index in [-0.39, 0.29) is 5.91 Å². The van der Waals surface area contributed by atoms with Crippen LogP contribution >= 0.6 is 0 Å². The van der Waals surface area contributed by atoms with Crippen molar-refractivity contribution in [3.63, 3.8) is 0 Å². The van der Waals surface area contributed by atoms with Gasteiger partial charge in [-0.15, -0.1) is 0 Å². The van der Waals surface area contributed by atoms with Crippen LogP contribution in [0.15, 0.2) is 60.7 Å². The monoisotopic (exact) mass is 414 g/mol. The average Bonchev–Trinajstić information content (AvgIpc) is 3.18. The molecule has 0 saturated carbocycles. The quantitative estimate of drug-likeness (QED) is 0.523. The Morgan fingerprint density at radius 3 is 2.48 bits per heavy atom. The van der Waals surface area contributed by atoms with Crippen molar-refractivity contribution in [1.29, 1.82) is 0 Å². The number of hydrogen-bond donors (Lipinski definition) is 1. The lowest BCUT2D eigenvalue weighted by molar-refractivity contribution is 0.0963. The number of amides is 1. The zero-order valence-electron chi connectivity index (χ0n) is 19.4. The molecule has 0 bridgehead atoms. The first-order valence-corrected chi connectivity index (χ1v) is 11.4. The second-order valence-corrected chi connectivity index (χ2v) is 9.75. The molecule has 1 aliphatic carbocycles. The predicted molar refractivity (Wildman–Crippen MR) is 129 cm³/mol. The number of hydrogen-bond acceptors (Lipinski definition) is 1. The molecule has 3 aromatic rings. The van der Waals surface area contributed by atoms with Crippen molar-refractivity contribution >= 4 is 5.91 Å². The molecule has 0 spiro atoms. The van der Waals surface area contributed by atoms with Crippen molar-refractivity contribution in [2.75, 3.05) is 7.05 Å². The van der Waals surface area contributed by atoms with Crippen molar-refractivity contribution < 1.29 is 4.79 Å². The first-order valence-electron chi connectivity index (χ1n) is 11.4. The molecule has 0 fully saturated rings. The third kappa shape index (κ3) is 3.94. The van der Waals surface area contributed by atoms with E-state index >= 15 is 0 Å². The van der Waals surface area contributed by atoms with Gasteiger partial charge in [0.25, 0.3) is 5.91 Å². The van der Waals surface area contributed by atoms with Crippen LogP contribution in [0.1, 0.15) is 55.7 Å². The number of nitrogens with zero attached hydrogens (tertiary/aromatic N) is 1. The summed E-state index contributed by atoms with van der Waals surface area (Å²) in [5.74, 6) is 1.28. The maximum Gasteiger partial charge on any atom is 0.251 e. The summed E-state index contributed by atoms with van der Waals surface area (Å²) in [6, 6.07) is 21.0. The minimum absolute atomic E-state index is 0.0529. The van der Waals surface area contributed by atoms with Crippen LogP contribution in [0.2, 0.25) is 0 Å². The van der Waals surface area contributed by atoms with Gasteiger partial charge in [-0.25, -0.2) is 0 Å². The number of carbonyl (C=O) groups is 1. The Balaban J connectivity index is 1.84. The Kier molecular flexibility index (Phi) is 5.79. The van der Waals surface area contributed by atoms with Gasteiger partial charge in [0.05, 0.1) is 5.69 Å². The molecule has 1 unspecified atom stereocenters. The summed E-state index contributed by atoms with van der Waals surface area (Å²) < 4.78 is 2.38. The Morgan fingerprint density at radius 1 is 1.06 bits per heavy atom. The van der Waals surface area contributed by atoms with Gasteiger partial charge in [-0.2, -0.15) is 0 Å². The maximum absolute atomic E-state index is 12.3. The van der Waals surface area contributed by atoms with E-state index in [1.165, 1.54) is 28.9 Å². The van der Waals surface area contributed by atoms with E-state index in [1.54, 1.807) is 7.05 Å². The predicted octanol–water partition coefficient (Wildman–Crippen LogP) is 6.29. The number of fused-ring (bicyclic) bond motifs is 1. The van der Waals surface area contributed by atoms with Gasteiger partial charge in [-0.1, -0.05) is 64.1 Å². The Morgan fingerprint density at radius 2 is 1.81 bits per heavy atom. The summed E-state index contributed by atoms with van der Waals surface area (Å²) in [7, 11) is 1.68. The standard InChI is InChI=1S/C28H34N2O/c1-19(2)28(3,4)23-14-15-25-22(16-23)18-26(20-10-7-6-8-11-20)30(25)24-13-9-12-21(17-24)27(31)29-5/h6-13,17-19,23H,14-16H2,1-5H3,(H,29,31). The van der Waals surface area contributed by atoms with Gasteiger partial charge in [0.1, 0.15) is 0 Å². The molecule has 0 radical (unpaired) electrons. The summed E-state index contributed by atoms with van der Waals surface area (Å²) in [4.78, 5) is 12.3. The van der Waals surface area contributed by atoms with Crippen molar-refractivity contribution in [1.82, 2.24) is 9.88 Å². The van der Waals surface area contributed by atoms with Crippen molar-refractivity contribution in [3.8, 4) is 16.9 Å². The SMILES string of the molecule is CNC(=O)c1cccc(-n2c(-c3ccccc3)cc3c2CCC(C(C)(C)C(C)C)C3)c1. The van der Waals surface area contributed by atoms with Gasteiger partial charge in [0.2, 0.25) is 0 Å². The van der Waals surface area contributed by atoms with Gasteiger partial charge in [-0.05, 0) is 71.9 Å². The van der Waals surface area contributed by atoms with Gasteiger partial charge < -0.3 is 9.88 Å². The Labute approximate surface area is 186 Å². The van der Waals surface area contributed by atoms with E-state index in [0.29, 0.717) is 22.8 Å². The summed E-state index contributed by atoms with van der Waals surface area (Å²) >= 11 is 0. The summed E-state index contributed by atoms with van der Waals surface area (Å²) in [6.07, 6.45) is 3.38. The van der Waals surface area contributed by atoms with E-state index in [4.69, 9.17) is 0 Å². The van der Waals surface area contributed by atoms with Crippen LogP contribution in [0, 0.1) is 17.3 Å². The first kappa shape index (κ1) is 21.4. The highest BCUT2D eigenvalue weighted by Gasteiger charge is 2.36. The minimum atomic E-state index is -0.0529. The zero-order valence-corrected chi connectivity index (χ0v) is 19.4. The molecule has 1 N–H and O–H groups in total. The molecule has 3 heteroatoms. The van der Waals surface area contributed by atoms with Crippen LogP contribution in [0.25, 0.3) is 16.9 Å². The fourth-order valence-corrected chi connectivity index (χ4v) is 4.88. The summed E-state index contributed by atoms with van der Waals surface area (Å²) in [6.45, 7) is 9.55. The van der Waals surface area contributed by atoms with Crippen molar-refractivity contribution in [2.45, 2.75) is 47.0 Å². The van der Waals surface area contributed by atoms with Crippen LogP contribution < -0.4 is 5.32 Å². The van der Waals surface area contributed by atoms with Crippen LogP contribution in [-0.2, 0) is 12.8 Å². The number of aromatic nitrogens is 1. The minimum Gasteiger partial charge on any atom is -0.355 e. The third-order valence-electron chi connectivity index (χ3n) is 7.59. The van der Waals surface area contributed by atoms with Gasteiger partial charge in [-0.3, -0.25) is 4.79 Å². The van der Waals surface area contributed by atoms with Crippen LogP contribution in [-0.4, -0.2) is 17.5 Å². The Bertz CT molecular complexity index is 1080. The fourth-order valence-electron chi connectivity index (χ4n) is 4.88. The lowest BCUT2D eigenvalue weighted by Crippen LogP contribution is -2.33. The normalized spacial score (nSPS) is 16.3. The molecule has 3 nitrogen and oxygen atoms in total. The number of carbonyl (C=O) groups excluding carboxylic acids is 1. The highest BCUT2D eigenvalue weighted by Crippen LogP contribution is 2.44. The number of rotatable bonds is 5. The zero-order chi connectivity index (χ0) is 22.2. The molecule has 31 heavy (non-hydrogen) atoms. The molecular weight excluding hydrogens is 380 g/mol. The first-order chi connectivity index (χ1) is 14.8. The van der Waals surface area contributed by atoms with Gasteiger partial charge in [0, 0.05) is 24.0 Å². The van der Waals surface area contributed by atoms with Crippen molar-refractivity contribution in [3.05, 3.63) is 77.5 Å². The second-order valence-electron chi connectivity index (χ2n) is 9.75. The highest BCUT2D eigenvalue weighted by atomic mass is 16.1. The lowest BCUT2D eigenvalue weighted by Gasteiger charge is -2.40. The number of benzene rings is 2. The maximum atomic E-state index is 12.3. The molecule has 0 saturated heterocycles. The molecule has 2 aromatic carbocycles. The van der Waals surface area contributed by atoms with E-state index in [2.05, 4.69) is 80.0 Å². The molecular formula is C28H34N2O. The molecule has 0 aliphatic heterocycles. The molecule has 4 rings (SSSR count). The molecule has 162 valence electrons. The van der Waals surface area contributed by atoms with Gasteiger partial charge >= 0.3 is 0 Å². The molecule has 1 aromatic heterocycles. The van der Waals surface area contributed by atoms with Crippen molar-refractivity contribution in [2.24, 2.45) is 17.3 Å². The molecule has 1 atom stereocenters. The average molecular weight is 415 g/mol. The van der Waals surface area contributed by atoms with E-state index < -0.39 is 0 Å². The van der Waals surface area contributed by atoms with E-state index in [1.807, 2.05) is 18.2 Å². The van der Waals surface area contributed by atoms with Crippen LogP contribution in [0.4, 0.5) is 0 Å². The smallest absolute Gasteiger partial charge is 0.251 e. The van der Waals surface area contributed by atoms with Crippen LogP contribution in [0.5, 0.6) is 0 Å².